The number of aliphatic carboxylic acids is 2. The molecule has 0 fully saturated rings. The molecule has 6 heteroatoms. The molecular formula is C20H44N2O4. The lowest BCUT2D eigenvalue weighted by Gasteiger charge is -2.00. The third kappa shape index (κ3) is 43.4. The van der Waals surface area contributed by atoms with Crippen molar-refractivity contribution in [2.75, 3.05) is 26.2 Å². The molecule has 0 amide bonds. The van der Waals surface area contributed by atoms with Gasteiger partial charge in [0.05, 0.1) is 26.2 Å². The van der Waals surface area contributed by atoms with Gasteiger partial charge in [0.1, 0.15) is 0 Å². The Balaban J connectivity index is -0.000000306. The first kappa shape index (κ1) is 29.6. The number of quaternary nitrogens is 2. The maximum Gasteiger partial charge on any atom is 0.0755 e. The van der Waals surface area contributed by atoms with Crippen LogP contribution in [-0.4, -0.2) is 38.1 Å². The molecule has 6 nitrogen and oxygen atoms in total. The molecule has 0 aromatic carbocycles. The average molecular weight is 377 g/mol. The van der Waals surface area contributed by atoms with Crippen molar-refractivity contribution in [2.45, 2.75) is 91.9 Å². The second-order valence-electron chi connectivity index (χ2n) is 6.39. The molecule has 26 heavy (non-hydrogen) atoms. The highest BCUT2D eigenvalue weighted by Gasteiger charge is 1.88. The van der Waals surface area contributed by atoms with E-state index >= 15 is 0 Å². The van der Waals surface area contributed by atoms with Crippen LogP contribution in [0.15, 0.2) is 0 Å². The Kier molecular flexibility index (Phi) is 32.6. The van der Waals surface area contributed by atoms with Gasteiger partial charge < -0.3 is 30.4 Å². The van der Waals surface area contributed by atoms with Crippen molar-refractivity contribution in [3.8, 4) is 0 Å². The Hall–Kier alpha value is -1.14. The van der Waals surface area contributed by atoms with E-state index < -0.39 is 24.8 Å². The number of hydrogen-bond donors (Lipinski definition) is 2. The van der Waals surface area contributed by atoms with Crippen molar-refractivity contribution in [1.82, 2.24) is 0 Å². The standard InChI is InChI=1S/2C8H19N.C4H6O4/c2*1-3-5-7-9-8-6-4-2;5-3(6)1-2-4(7)8/h2*9H,3-8H2,1-2H3;1-2H2,(H,5,6)(H,7,8). The highest BCUT2D eigenvalue weighted by atomic mass is 16.4. The Morgan fingerprint density at radius 2 is 0.808 bits per heavy atom. The van der Waals surface area contributed by atoms with Gasteiger partial charge in [0.2, 0.25) is 0 Å². The molecule has 0 unspecified atom stereocenters. The largest absolute Gasteiger partial charge is 0.550 e. The van der Waals surface area contributed by atoms with Crippen LogP contribution in [0.5, 0.6) is 0 Å². The van der Waals surface area contributed by atoms with E-state index in [0.29, 0.717) is 0 Å². The summed E-state index contributed by atoms with van der Waals surface area (Å²) in [5.74, 6) is -2.73. The van der Waals surface area contributed by atoms with Crippen molar-refractivity contribution < 1.29 is 30.4 Å². The number of carbonyl (C=O) groups excluding carboxylic acids is 2. The van der Waals surface area contributed by atoms with Crippen molar-refractivity contribution in [3.63, 3.8) is 0 Å². The first-order valence-electron chi connectivity index (χ1n) is 10.5. The molecule has 0 spiro atoms. The van der Waals surface area contributed by atoms with E-state index in [-0.39, 0.29) is 0 Å². The Labute approximate surface area is 161 Å². The first-order chi connectivity index (χ1) is 12.5. The molecule has 158 valence electrons. The van der Waals surface area contributed by atoms with Crippen LogP contribution in [0.2, 0.25) is 0 Å². The minimum absolute atomic E-state index is 0.470. The maximum atomic E-state index is 9.50. The summed E-state index contributed by atoms with van der Waals surface area (Å²) in [5, 5.41) is 23.9. The third-order valence-electron chi connectivity index (χ3n) is 3.58. The Morgan fingerprint density at radius 1 is 0.577 bits per heavy atom. The summed E-state index contributed by atoms with van der Waals surface area (Å²) in [5.41, 5.74) is 0. The molecule has 0 aromatic heterocycles. The van der Waals surface area contributed by atoms with Gasteiger partial charge in [0.15, 0.2) is 0 Å². The van der Waals surface area contributed by atoms with E-state index in [9.17, 15) is 19.8 Å². The summed E-state index contributed by atoms with van der Waals surface area (Å²) in [6.07, 6.45) is 9.92. The predicted molar refractivity (Wildman–Crippen MR) is 102 cm³/mol. The van der Waals surface area contributed by atoms with E-state index in [4.69, 9.17) is 0 Å². The molecule has 0 saturated heterocycles. The summed E-state index contributed by atoms with van der Waals surface area (Å²) in [6.45, 7) is 14.3. The molecule has 4 N–H and O–H groups in total. The molecule has 0 atom stereocenters. The summed E-state index contributed by atoms with van der Waals surface area (Å²) >= 11 is 0. The fourth-order valence-corrected chi connectivity index (χ4v) is 1.89. The molecule has 0 aliphatic heterocycles. The zero-order valence-electron chi connectivity index (χ0n) is 17.7. The SMILES string of the molecule is CCCC[NH2+]CCCC.CCCC[NH2+]CCCC.O=C([O-])CCC(=O)[O-]. The summed E-state index contributed by atoms with van der Waals surface area (Å²) < 4.78 is 0. The molecule has 0 saturated carbocycles. The van der Waals surface area contributed by atoms with Gasteiger partial charge in [-0.3, -0.25) is 0 Å². The lowest BCUT2D eigenvalue weighted by Crippen LogP contribution is -2.84. The monoisotopic (exact) mass is 376 g/mol. The topological polar surface area (TPSA) is 113 Å². The average Bonchev–Trinajstić information content (AvgIpc) is 2.61. The number of carboxylic acid groups (broad SMARTS) is 2. The predicted octanol–water partition coefficient (Wildman–Crippen LogP) is -0.434. The van der Waals surface area contributed by atoms with Gasteiger partial charge in [-0.1, -0.05) is 53.4 Å². The number of carboxylic acids is 2. The van der Waals surface area contributed by atoms with E-state index in [1.54, 1.807) is 0 Å². The van der Waals surface area contributed by atoms with Crippen molar-refractivity contribution in [3.05, 3.63) is 0 Å². The van der Waals surface area contributed by atoms with Crippen LogP contribution in [0.4, 0.5) is 0 Å². The number of hydrogen-bond acceptors (Lipinski definition) is 4. The molecular weight excluding hydrogens is 332 g/mol. The van der Waals surface area contributed by atoms with Gasteiger partial charge in [-0.05, 0) is 38.5 Å². The second-order valence-corrected chi connectivity index (χ2v) is 6.39. The number of nitrogens with two attached hydrogens (primary N) is 2. The highest BCUT2D eigenvalue weighted by molar-refractivity contribution is 5.72. The molecule has 0 radical (unpaired) electrons. The van der Waals surface area contributed by atoms with Crippen LogP contribution in [0.3, 0.4) is 0 Å². The first-order valence-corrected chi connectivity index (χ1v) is 10.5. The highest BCUT2D eigenvalue weighted by Crippen LogP contribution is 1.82. The summed E-state index contributed by atoms with van der Waals surface area (Å²) in [4.78, 5) is 19.0. The lowest BCUT2D eigenvalue weighted by atomic mass is 10.3. The number of unbranched alkanes of at least 4 members (excludes halogenated alkanes) is 4. The number of carbonyl (C=O) groups is 2. The van der Waals surface area contributed by atoms with Crippen molar-refractivity contribution in [1.29, 1.82) is 0 Å². The molecule has 0 heterocycles. The fraction of sp³-hybridized carbons (Fsp3) is 0.900. The smallest absolute Gasteiger partial charge is 0.0755 e. The van der Waals surface area contributed by atoms with Gasteiger partial charge in [-0.25, -0.2) is 0 Å². The zero-order valence-corrected chi connectivity index (χ0v) is 17.7. The van der Waals surface area contributed by atoms with E-state index in [2.05, 4.69) is 38.3 Å². The maximum absolute atomic E-state index is 9.50. The summed E-state index contributed by atoms with van der Waals surface area (Å²) in [7, 11) is 0. The fourth-order valence-electron chi connectivity index (χ4n) is 1.89. The molecule has 0 rings (SSSR count). The van der Waals surface area contributed by atoms with Crippen LogP contribution >= 0.6 is 0 Å². The minimum atomic E-state index is -1.37. The quantitative estimate of drug-likeness (QED) is 0.377. The molecule has 0 aromatic rings. The van der Waals surface area contributed by atoms with E-state index in [1.165, 1.54) is 77.5 Å². The van der Waals surface area contributed by atoms with Crippen LogP contribution in [-0.2, 0) is 9.59 Å². The van der Waals surface area contributed by atoms with E-state index in [0.717, 1.165) is 0 Å². The Morgan fingerprint density at radius 3 is 0.962 bits per heavy atom. The minimum Gasteiger partial charge on any atom is -0.550 e. The number of rotatable bonds is 15. The second kappa shape index (κ2) is 28.7. The van der Waals surface area contributed by atoms with Crippen LogP contribution in [0, 0.1) is 0 Å². The molecule has 0 bridgehead atoms. The lowest BCUT2D eigenvalue weighted by molar-refractivity contribution is -0.655. The molecule has 0 aliphatic carbocycles. The normalized spacial score (nSPS) is 9.54. The third-order valence-corrected chi connectivity index (χ3v) is 3.58. The van der Waals surface area contributed by atoms with E-state index in [1.807, 2.05) is 0 Å². The summed E-state index contributed by atoms with van der Waals surface area (Å²) in [6, 6.07) is 0. The van der Waals surface area contributed by atoms with Crippen LogP contribution in [0.25, 0.3) is 0 Å². The van der Waals surface area contributed by atoms with Crippen LogP contribution < -0.4 is 20.8 Å². The molecule has 0 aliphatic rings. The van der Waals surface area contributed by atoms with Gasteiger partial charge in [-0.15, -0.1) is 0 Å². The van der Waals surface area contributed by atoms with Gasteiger partial charge >= 0.3 is 0 Å². The van der Waals surface area contributed by atoms with Crippen molar-refractivity contribution in [2.24, 2.45) is 0 Å². The van der Waals surface area contributed by atoms with Gasteiger partial charge in [-0.2, -0.15) is 0 Å². The van der Waals surface area contributed by atoms with Crippen molar-refractivity contribution >= 4 is 11.9 Å². The zero-order chi connectivity index (χ0) is 20.5. The van der Waals surface area contributed by atoms with Gasteiger partial charge in [0.25, 0.3) is 0 Å². The Bertz CT molecular complexity index is 247. The van der Waals surface area contributed by atoms with Gasteiger partial charge in [0, 0.05) is 11.9 Å². The van der Waals surface area contributed by atoms with Crippen LogP contribution in [0.1, 0.15) is 91.9 Å².